The van der Waals surface area contributed by atoms with Crippen molar-refractivity contribution in [3.8, 4) is 17.1 Å². The number of carbonyl (C=O) groups excluding carboxylic acids is 1. The van der Waals surface area contributed by atoms with Gasteiger partial charge in [-0.05, 0) is 64.0 Å². The molecule has 0 aromatic heterocycles. The highest BCUT2D eigenvalue weighted by atomic mass is 32.2. The molecule has 0 aliphatic carbocycles. The normalized spacial score (nSPS) is 19.6. The first-order valence-corrected chi connectivity index (χ1v) is 13.5. The quantitative estimate of drug-likeness (QED) is 0.397. The molecule has 1 aromatic rings. The van der Waals surface area contributed by atoms with Crippen molar-refractivity contribution in [2.75, 3.05) is 6.54 Å². The van der Waals surface area contributed by atoms with Crippen LogP contribution in [-0.2, 0) is 17.8 Å². The van der Waals surface area contributed by atoms with Crippen LogP contribution in [0.2, 0.25) is 0 Å². The maximum absolute atomic E-state index is 13.4. The third-order valence-corrected chi connectivity index (χ3v) is 8.26. The molecule has 1 aromatic carbocycles. The smallest absolute Gasteiger partial charge is 0.284 e. The van der Waals surface area contributed by atoms with E-state index in [-0.39, 0.29) is 16.7 Å². The average Bonchev–Trinajstić information content (AvgIpc) is 3.03. The molecule has 1 fully saturated rings. The first-order chi connectivity index (χ1) is 16.6. The number of fused-ring (bicyclic) bond motifs is 3. The molecule has 1 saturated heterocycles. The largest absolute Gasteiger partial charge is 0.339 e. The fourth-order valence-electron chi connectivity index (χ4n) is 5.34. The van der Waals surface area contributed by atoms with Gasteiger partial charge in [0.1, 0.15) is 5.56 Å². The molecule has 0 saturated carbocycles. The summed E-state index contributed by atoms with van der Waals surface area (Å²) in [6.45, 7) is 5.83. The highest BCUT2D eigenvalue weighted by Crippen LogP contribution is 2.33. The van der Waals surface area contributed by atoms with Crippen LogP contribution in [0.25, 0.3) is 17.1 Å². The second-order valence-corrected chi connectivity index (χ2v) is 10.7. The summed E-state index contributed by atoms with van der Waals surface area (Å²) in [5.74, 6) is 0.675. The summed E-state index contributed by atoms with van der Waals surface area (Å²) in [6, 6.07) is 9.85. The lowest BCUT2D eigenvalue weighted by Crippen LogP contribution is -2.46. The molecule has 0 spiro atoms. The molecule has 4 heterocycles. The maximum atomic E-state index is 13.4. The summed E-state index contributed by atoms with van der Waals surface area (Å²) >= 11 is 1.52. The predicted octanol–water partition coefficient (Wildman–Crippen LogP) is 4.53. The Kier molecular flexibility index (Phi) is 6.77. The third kappa shape index (κ3) is 4.28. The first kappa shape index (κ1) is 23.1. The van der Waals surface area contributed by atoms with Crippen molar-refractivity contribution in [2.24, 2.45) is 0 Å². The minimum atomic E-state index is -0.236. The number of thioether (sulfide) groups is 1. The molecule has 0 radical (unpaired) electrons. The predicted molar refractivity (Wildman–Crippen MR) is 135 cm³/mol. The van der Waals surface area contributed by atoms with Gasteiger partial charge in [-0.25, -0.2) is 4.98 Å². The molecule has 2 unspecified atom stereocenters. The molecule has 180 valence electrons. The minimum Gasteiger partial charge on any atom is -0.339 e. The maximum Gasteiger partial charge on any atom is 0.284 e. The Labute approximate surface area is 204 Å². The zero-order chi connectivity index (χ0) is 23.7. The summed E-state index contributed by atoms with van der Waals surface area (Å²) in [7, 11) is 0. The number of likely N-dealkylation sites (tertiary alicyclic amines) is 1. The lowest BCUT2D eigenvalue weighted by Gasteiger charge is -2.36. The van der Waals surface area contributed by atoms with Crippen molar-refractivity contribution >= 4 is 17.7 Å². The van der Waals surface area contributed by atoms with Gasteiger partial charge in [0.15, 0.2) is 11.0 Å². The molecule has 0 bridgehead atoms. The lowest BCUT2D eigenvalue weighted by atomic mass is 10.00. The molecule has 2 atom stereocenters. The number of hydrogen-bond donors (Lipinski definition) is 0. The van der Waals surface area contributed by atoms with Crippen LogP contribution in [0.5, 0.6) is 0 Å². The van der Waals surface area contributed by atoms with Gasteiger partial charge in [0.2, 0.25) is 5.91 Å². The van der Waals surface area contributed by atoms with E-state index in [9.17, 15) is 9.59 Å². The van der Waals surface area contributed by atoms with Gasteiger partial charge in [-0.3, -0.25) is 9.59 Å². The molecule has 0 N–H and O–H groups in total. The lowest BCUT2D eigenvalue weighted by molar-refractivity contribution is -0.134. The van der Waals surface area contributed by atoms with Crippen LogP contribution < -0.4 is 5.56 Å². The van der Waals surface area contributed by atoms with Crippen LogP contribution in [-0.4, -0.2) is 48.0 Å². The van der Waals surface area contributed by atoms with Crippen molar-refractivity contribution < 1.29 is 4.79 Å². The zero-order valence-corrected chi connectivity index (χ0v) is 20.9. The SMILES string of the molecule is CCC1CCCCN1C(=O)C(C)Sc1nc2nn(-c3ccccc3)c(=O)c-2c2n1CCCCC2. The molecule has 1 amide bonds. The Balaban J connectivity index is 1.53. The number of carbonyl (C=O) groups is 1. The number of hydrogen-bond acceptors (Lipinski definition) is 5. The van der Waals surface area contributed by atoms with Gasteiger partial charge in [0, 0.05) is 24.8 Å². The summed E-state index contributed by atoms with van der Waals surface area (Å²) < 4.78 is 3.65. The molecular formula is C26H33N5O2S. The van der Waals surface area contributed by atoms with Gasteiger partial charge in [-0.1, -0.05) is 43.3 Å². The molecule has 4 aliphatic heterocycles. The Hall–Kier alpha value is -2.61. The van der Waals surface area contributed by atoms with Crippen LogP contribution in [0.15, 0.2) is 40.3 Å². The van der Waals surface area contributed by atoms with Gasteiger partial charge in [0.05, 0.1) is 10.9 Å². The van der Waals surface area contributed by atoms with Crippen molar-refractivity contribution in [3.05, 3.63) is 46.4 Å². The van der Waals surface area contributed by atoms with E-state index in [0.717, 1.165) is 74.6 Å². The molecule has 4 aliphatic rings. The molecule has 8 heteroatoms. The number of amides is 1. The first-order valence-electron chi connectivity index (χ1n) is 12.6. The van der Waals surface area contributed by atoms with Gasteiger partial charge >= 0.3 is 0 Å². The number of nitrogens with zero attached hydrogens (tertiary/aromatic N) is 5. The Morgan fingerprint density at radius 1 is 1.12 bits per heavy atom. The van der Waals surface area contributed by atoms with E-state index in [2.05, 4.69) is 21.5 Å². The van der Waals surface area contributed by atoms with Crippen molar-refractivity contribution in [1.29, 1.82) is 0 Å². The van der Waals surface area contributed by atoms with E-state index in [1.807, 2.05) is 37.3 Å². The van der Waals surface area contributed by atoms with E-state index in [1.165, 1.54) is 22.9 Å². The highest BCUT2D eigenvalue weighted by molar-refractivity contribution is 8.00. The van der Waals surface area contributed by atoms with Crippen LogP contribution in [0, 0.1) is 0 Å². The highest BCUT2D eigenvalue weighted by Gasteiger charge is 2.32. The van der Waals surface area contributed by atoms with E-state index in [4.69, 9.17) is 4.98 Å². The van der Waals surface area contributed by atoms with Gasteiger partial charge < -0.3 is 9.47 Å². The van der Waals surface area contributed by atoms with E-state index >= 15 is 0 Å². The molecule has 34 heavy (non-hydrogen) atoms. The standard InChI is InChI=1S/C26H33N5O2S/c1-3-19-12-9-11-16-29(19)24(32)18(2)34-26-27-23-22(21-15-8-5-10-17-30(21)26)25(33)31(28-23)20-13-6-4-7-14-20/h4,6-7,13-14,18-19H,3,5,8-12,15-17H2,1-2H3. The number of rotatable bonds is 5. The Morgan fingerprint density at radius 2 is 1.91 bits per heavy atom. The van der Waals surface area contributed by atoms with Crippen LogP contribution in [0.1, 0.15) is 64.5 Å². The van der Waals surface area contributed by atoms with Crippen LogP contribution >= 0.6 is 11.8 Å². The number of benzene rings is 1. The zero-order valence-electron chi connectivity index (χ0n) is 20.1. The van der Waals surface area contributed by atoms with E-state index < -0.39 is 0 Å². The number of aromatic nitrogens is 4. The molecular weight excluding hydrogens is 446 g/mol. The molecule has 5 rings (SSSR count). The van der Waals surface area contributed by atoms with Crippen molar-refractivity contribution in [1.82, 2.24) is 24.2 Å². The monoisotopic (exact) mass is 479 g/mol. The van der Waals surface area contributed by atoms with Crippen molar-refractivity contribution in [3.63, 3.8) is 0 Å². The second-order valence-electron chi connectivity index (χ2n) is 9.40. The van der Waals surface area contributed by atoms with Crippen LogP contribution in [0.3, 0.4) is 0 Å². The van der Waals surface area contributed by atoms with Crippen LogP contribution in [0.4, 0.5) is 0 Å². The van der Waals surface area contributed by atoms with E-state index in [1.54, 1.807) is 0 Å². The Bertz CT molecular complexity index is 1190. The van der Waals surface area contributed by atoms with E-state index in [0.29, 0.717) is 17.4 Å². The molecule has 7 nitrogen and oxygen atoms in total. The van der Waals surface area contributed by atoms with Gasteiger partial charge in [0.25, 0.3) is 5.56 Å². The summed E-state index contributed by atoms with van der Waals surface area (Å²) in [4.78, 5) is 33.8. The fraction of sp³-hybridized carbons (Fsp3) is 0.538. The second kappa shape index (κ2) is 9.94. The third-order valence-electron chi connectivity index (χ3n) is 7.18. The number of piperidine rings is 1. The summed E-state index contributed by atoms with van der Waals surface area (Å²) in [6.07, 6.45) is 8.41. The van der Waals surface area contributed by atoms with Crippen molar-refractivity contribution in [2.45, 2.75) is 88.2 Å². The topological polar surface area (TPSA) is 73.0 Å². The average molecular weight is 480 g/mol. The summed E-state index contributed by atoms with van der Waals surface area (Å²) in [5.41, 5.74) is 2.27. The van der Waals surface area contributed by atoms with Gasteiger partial charge in [-0.2, -0.15) is 4.68 Å². The minimum absolute atomic E-state index is 0.112. The Morgan fingerprint density at radius 3 is 2.71 bits per heavy atom. The fourth-order valence-corrected chi connectivity index (χ4v) is 6.37. The van der Waals surface area contributed by atoms with Gasteiger partial charge in [-0.15, -0.1) is 5.10 Å². The number of para-hydroxylation sites is 1. The summed E-state index contributed by atoms with van der Waals surface area (Å²) in [5, 5.41) is 5.18.